The Morgan fingerprint density at radius 3 is 2.41 bits per heavy atom. The summed E-state index contributed by atoms with van der Waals surface area (Å²) in [6.07, 6.45) is 0.128. The third-order valence-corrected chi connectivity index (χ3v) is 5.81. The molecular weight excluding hydrogens is 408 g/mol. The number of hydrogen-bond acceptors (Lipinski definition) is 5. The van der Waals surface area contributed by atoms with Crippen molar-refractivity contribution in [3.8, 4) is 16.9 Å². The van der Waals surface area contributed by atoms with Crippen LogP contribution < -0.4 is 10.4 Å². The molecule has 0 bridgehead atoms. The van der Waals surface area contributed by atoms with Crippen molar-refractivity contribution in [1.82, 2.24) is 0 Å². The first kappa shape index (κ1) is 19.8. The van der Waals surface area contributed by atoms with Gasteiger partial charge in [-0.15, -0.1) is 0 Å². The minimum absolute atomic E-state index is 0.128. The van der Waals surface area contributed by atoms with E-state index in [-0.39, 0.29) is 17.9 Å². The standard InChI is InChI=1S/C26H18O6/c1-14-11-20-24(19(13-21(27)31-20)15-5-3-2-4-6-15)25-23(14)18(12-22(28)32-25)16-7-9-17(10-8-16)26(29)30/h2-11,13,18H,12H2,1H3,(H,29,30)/t18-/m0/s1. The van der Waals surface area contributed by atoms with Gasteiger partial charge in [0, 0.05) is 23.1 Å². The number of ether oxygens (including phenoxy) is 1. The maximum absolute atomic E-state index is 12.6. The van der Waals surface area contributed by atoms with E-state index >= 15 is 0 Å². The molecule has 1 aliphatic rings. The van der Waals surface area contributed by atoms with Gasteiger partial charge in [-0.2, -0.15) is 0 Å². The summed E-state index contributed by atoms with van der Waals surface area (Å²) >= 11 is 0. The van der Waals surface area contributed by atoms with Crippen molar-refractivity contribution in [2.24, 2.45) is 0 Å². The minimum Gasteiger partial charge on any atom is -0.478 e. The number of carbonyl (C=O) groups is 2. The van der Waals surface area contributed by atoms with Crippen molar-refractivity contribution >= 4 is 22.9 Å². The van der Waals surface area contributed by atoms with Crippen molar-refractivity contribution in [1.29, 1.82) is 0 Å². The SMILES string of the molecule is Cc1cc2oc(=O)cc(-c3ccccc3)c2c2c1[C@H](c1ccc(C(=O)O)cc1)CC(=O)O2. The van der Waals surface area contributed by atoms with Gasteiger partial charge in [-0.05, 0) is 41.8 Å². The summed E-state index contributed by atoms with van der Waals surface area (Å²) in [5, 5.41) is 9.77. The first-order valence-electron chi connectivity index (χ1n) is 10.1. The van der Waals surface area contributed by atoms with Crippen molar-refractivity contribution in [2.45, 2.75) is 19.3 Å². The van der Waals surface area contributed by atoms with Crippen LogP contribution >= 0.6 is 0 Å². The van der Waals surface area contributed by atoms with Gasteiger partial charge in [0.05, 0.1) is 17.4 Å². The summed E-state index contributed by atoms with van der Waals surface area (Å²) < 4.78 is 11.2. The van der Waals surface area contributed by atoms with E-state index in [2.05, 4.69) is 0 Å². The predicted molar refractivity (Wildman–Crippen MR) is 118 cm³/mol. The first-order chi connectivity index (χ1) is 15.4. The average Bonchev–Trinajstić information content (AvgIpc) is 2.78. The molecule has 0 saturated heterocycles. The molecule has 1 aliphatic heterocycles. The zero-order chi connectivity index (χ0) is 22.4. The van der Waals surface area contributed by atoms with Gasteiger partial charge in [0.1, 0.15) is 11.3 Å². The second kappa shape index (κ2) is 7.50. The summed E-state index contributed by atoms with van der Waals surface area (Å²) in [5.41, 5.74) is 3.93. The van der Waals surface area contributed by atoms with Crippen LogP contribution in [0.4, 0.5) is 0 Å². The molecular formula is C26H18O6. The normalized spacial score (nSPS) is 15.3. The van der Waals surface area contributed by atoms with Crippen LogP contribution in [0.1, 0.15) is 39.4 Å². The molecule has 158 valence electrons. The monoisotopic (exact) mass is 426 g/mol. The summed E-state index contributed by atoms with van der Waals surface area (Å²) in [7, 11) is 0. The number of benzene rings is 3. The van der Waals surface area contributed by atoms with E-state index in [0.29, 0.717) is 22.3 Å². The van der Waals surface area contributed by atoms with E-state index in [1.165, 1.54) is 18.2 Å². The summed E-state index contributed by atoms with van der Waals surface area (Å²) in [5.74, 6) is -1.34. The quantitative estimate of drug-likeness (QED) is 0.284. The highest BCUT2D eigenvalue weighted by molar-refractivity contribution is 6.01. The Kier molecular flexibility index (Phi) is 4.63. The Labute approximate surface area is 182 Å². The van der Waals surface area contributed by atoms with E-state index in [9.17, 15) is 19.5 Å². The number of aryl methyl sites for hydroxylation is 1. The van der Waals surface area contributed by atoms with Crippen LogP contribution in [-0.2, 0) is 4.79 Å². The lowest BCUT2D eigenvalue weighted by Crippen LogP contribution is -2.22. The Morgan fingerprint density at radius 2 is 1.72 bits per heavy atom. The molecule has 1 atom stereocenters. The van der Waals surface area contributed by atoms with Gasteiger partial charge in [-0.25, -0.2) is 9.59 Å². The smallest absolute Gasteiger partial charge is 0.336 e. The Bertz CT molecular complexity index is 1430. The summed E-state index contributed by atoms with van der Waals surface area (Å²) in [4.78, 5) is 36.1. The molecule has 4 aromatic rings. The number of carboxylic acid groups (broad SMARTS) is 1. The molecule has 6 heteroatoms. The number of carbonyl (C=O) groups excluding carboxylic acids is 1. The van der Waals surface area contributed by atoms with Gasteiger partial charge in [-0.3, -0.25) is 4.79 Å². The summed E-state index contributed by atoms with van der Waals surface area (Å²) in [6.45, 7) is 1.88. The molecule has 0 aliphatic carbocycles. The van der Waals surface area contributed by atoms with E-state index in [1.54, 1.807) is 18.2 Å². The third kappa shape index (κ3) is 3.26. The molecule has 1 aromatic heterocycles. The van der Waals surface area contributed by atoms with Gasteiger partial charge in [0.15, 0.2) is 0 Å². The van der Waals surface area contributed by atoms with E-state index in [1.807, 2.05) is 37.3 Å². The Hall–Kier alpha value is -4.19. The number of carboxylic acids is 1. The van der Waals surface area contributed by atoms with Crippen LogP contribution in [0.2, 0.25) is 0 Å². The fourth-order valence-electron chi connectivity index (χ4n) is 4.39. The number of hydrogen-bond donors (Lipinski definition) is 1. The fourth-order valence-corrected chi connectivity index (χ4v) is 4.39. The van der Waals surface area contributed by atoms with Gasteiger partial charge < -0.3 is 14.3 Å². The molecule has 0 fully saturated rings. The molecule has 0 amide bonds. The molecule has 0 unspecified atom stereocenters. The highest BCUT2D eigenvalue weighted by Gasteiger charge is 2.33. The van der Waals surface area contributed by atoms with E-state index in [4.69, 9.17) is 9.15 Å². The molecule has 1 N–H and O–H groups in total. The van der Waals surface area contributed by atoms with Crippen LogP contribution in [0, 0.1) is 6.92 Å². The van der Waals surface area contributed by atoms with Crippen molar-refractivity contribution in [3.05, 3.63) is 99.4 Å². The zero-order valence-corrected chi connectivity index (χ0v) is 17.1. The number of fused-ring (bicyclic) bond motifs is 3. The van der Waals surface area contributed by atoms with Gasteiger partial charge in [0.2, 0.25) is 0 Å². The Morgan fingerprint density at radius 1 is 1.00 bits per heavy atom. The minimum atomic E-state index is -1.01. The maximum Gasteiger partial charge on any atom is 0.336 e. The fraction of sp³-hybridized carbons (Fsp3) is 0.115. The summed E-state index contributed by atoms with van der Waals surface area (Å²) in [6, 6.07) is 19.1. The lowest BCUT2D eigenvalue weighted by Gasteiger charge is -2.28. The maximum atomic E-state index is 12.6. The number of esters is 1. The van der Waals surface area contributed by atoms with Crippen molar-refractivity contribution in [3.63, 3.8) is 0 Å². The van der Waals surface area contributed by atoms with Crippen molar-refractivity contribution < 1.29 is 23.8 Å². The number of aromatic carboxylic acids is 1. The number of rotatable bonds is 3. The topological polar surface area (TPSA) is 93.8 Å². The lowest BCUT2D eigenvalue weighted by molar-refractivity contribution is -0.135. The van der Waals surface area contributed by atoms with Crippen LogP contribution in [0.25, 0.3) is 22.1 Å². The van der Waals surface area contributed by atoms with Gasteiger partial charge in [0.25, 0.3) is 0 Å². The van der Waals surface area contributed by atoms with Crippen LogP contribution in [0.15, 0.2) is 75.9 Å². The average molecular weight is 426 g/mol. The molecule has 0 saturated carbocycles. The molecule has 3 aromatic carbocycles. The first-order valence-corrected chi connectivity index (χ1v) is 10.1. The zero-order valence-electron chi connectivity index (χ0n) is 17.1. The molecule has 0 spiro atoms. The van der Waals surface area contributed by atoms with Crippen LogP contribution in [0.3, 0.4) is 0 Å². The van der Waals surface area contributed by atoms with E-state index in [0.717, 1.165) is 22.3 Å². The highest BCUT2D eigenvalue weighted by atomic mass is 16.5. The molecule has 5 rings (SSSR count). The molecule has 2 heterocycles. The second-order valence-corrected chi connectivity index (χ2v) is 7.81. The second-order valence-electron chi connectivity index (χ2n) is 7.81. The van der Waals surface area contributed by atoms with Gasteiger partial charge >= 0.3 is 17.6 Å². The van der Waals surface area contributed by atoms with E-state index < -0.39 is 17.6 Å². The van der Waals surface area contributed by atoms with Crippen molar-refractivity contribution in [2.75, 3.05) is 0 Å². The van der Waals surface area contributed by atoms with Crippen LogP contribution in [-0.4, -0.2) is 17.0 Å². The molecule has 0 radical (unpaired) electrons. The van der Waals surface area contributed by atoms with Gasteiger partial charge in [-0.1, -0.05) is 42.5 Å². The third-order valence-electron chi connectivity index (χ3n) is 5.81. The molecule has 32 heavy (non-hydrogen) atoms. The van der Waals surface area contributed by atoms with Crippen LogP contribution in [0.5, 0.6) is 5.75 Å². The largest absolute Gasteiger partial charge is 0.478 e. The molecule has 6 nitrogen and oxygen atoms in total. The lowest BCUT2D eigenvalue weighted by atomic mass is 9.82. The Balaban J connectivity index is 1.79. The highest BCUT2D eigenvalue weighted by Crippen LogP contribution is 2.47. The predicted octanol–water partition coefficient (Wildman–Crippen LogP) is 4.91.